The molecule has 0 saturated carbocycles. The molecule has 0 bridgehead atoms. The molecule has 0 heterocycles. The van der Waals surface area contributed by atoms with Gasteiger partial charge < -0.3 is 24.4 Å². The Bertz CT molecular complexity index is 929. The first-order chi connectivity index (χ1) is 30.1. The van der Waals surface area contributed by atoms with Gasteiger partial charge in [0.05, 0.1) is 6.61 Å². The highest BCUT2D eigenvalue weighted by Crippen LogP contribution is 2.20. The summed E-state index contributed by atoms with van der Waals surface area (Å²) < 4.78 is 13.1. The summed E-state index contributed by atoms with van der Waals surface area (Å²) in [5, 5.41) is 9.95. The number of aromatic hydroxyl groups is 1. The lowest BCUT2D eigenvalue weighted by Crippen LogP contribution is -2.33. The fraction of sp³-hybridized carbons (Fsp3) is 0.893. The van der Waals surface area contributed by atoms with Gasteiger partial charge in [-0.25, -0.2) is 0 Å². The van der Waals surface area contributed by atoms with Crippen LogP contribution in [-0.4, -0.2) is 67.1 Å². The van der Waals surface area contributed by atoms with Crippen LogP contribution in [-0.2, 0) is 4.74 Å². The predicted octanol–water partition coefficient (Wildman–Crippen LogP) is 17.6. The topological polar surface area (TPSA) is 45.2 Å². The maximum Gasteiger partial charge on any atom is 0.201 e. The number of rotatable bonds is 50. The fourth-order valence-electron chi connectivity index (χ4n) is 8.90. The van der Waals surface area contributed by atoms with E-state index in [0.717, 1.165) is 38.3 Å². The normalized spacial score (nSPS) is 12.3. The molecule has 0 aromatic heterocycles. The SMILES string of the molecule is CCCCCCCCCCCN(CCCCCCCCCCC)CCCOC(CCN(CCCCCCCCCCC)CCCCCCCCCCC)Oc1ccc(O)cc1. The first-order valence-corrected chi connectivity index (χ1v) is 27.6. The molecule has 0 aliphatic rings. The maximum atomic E-state index is 9.95. The van der Waals surface area contributed by atoms with Gasteiger partial charge in [0, 0.05) is 19.5 Å². The molecule has 1 aromatic rings. The Morgan fingerprint density at radius 2 is 0.639 bits per heavy atom. The van der Waals surface area contributed by atoms with Crippen molar-refractivity contribution in [3.63, 3.8) is 0 Å². The van der Waals surface area contributed by atoms with Crippen LogP contribution in [0, 0.1) is 0 Å². The molecule has 1 aromatic carbocycles. The van der Waals surface area contributed by atoms with E-state index in [2.05, 4.69) is 37.5 Å². The smallest absolute Gasteiger partial charge is 0.201 e. The zero-order valence-electron chi connectivity index (χ0n) is 41.9. The summed E-state index contributed by atoms with van der Waals surface area (Å²) in [4.78, 5) is 5.47. The summed E-state index contributed by atoms with van der Waals surface area (Å²) in [6.45, 7) is 16.9. The highest BCUT2D eigenvalue weighted by molar-refractivity contribution is 5.30. The molecule has 360 valence electrons. The average molecular weight is 857 g/mol. The van der Waals surface area contributed by atoms with E-state index in [1.54, 1.807) is 12.1 Å². The average Bonchev–Trinajstić information content (AvgIpc) is 3.27. The monoisotopic (exact) mass is 857 g/mol. The van der Waals surface area contributed by atoms with E-state index in [0.29, 0.717) is 0 Å². The number of nitrogens with zero attached hydrogens (tertiary/aromatic N) is 2. The Morgan fingerprint density at radius 3 is 0.967 bits per heavy atom. The van der Waals surface area contributed by atoms with E-state index in [-0.39, 0.29) is 12.0 Å². The number of ether oxygens (including phenoxy) is 2. The van der Waals surface area contributed by atoms with Crippen molar-refractivity contribution in [2.45, 2.75) is 278 Å². The third-order valence-electron chi connectivity index (χ3n) is 13.0. The molecular weight excluding hydrogens is 749 g/mol. The Balaban J connectivity index is 2.72. The largest absolute Gasteiger partial charge is 0.508 e. The van der Waals surface area contributed by atoms with Gasteiger partial charge in [0.1, 0.15) is 11.5 Å². The van der Waals surface area contributed by atoms with E-state index in [9.17, 15) is 5.11 Å². The van der Waals surface area contributed by atoms with Crippen LogP contribution < -0.4 is 4.74 Å². The third kappa shape index (κ3) is 40.0. The predicted molar refractivity (Wildman–Crippen MR) is 269 cm³/mol. The lowest BCUT2D eigenvalue weighted by atomic mass is 10.1. The summed E-state index contributed by atoms with van der Waals surface area (Å²) in [5.74, 6) is 1.06. The van der Waals surface area contributed by atoms with Crippen LogP contribution in [0.2, 0.25) is 0 Å². The zero-order chi connectivity index (χ0) is 43.9. The third-order valence-corrected chi connectivity index (χ3v) is 13.0. The number of phenolic OH excluding ortho intramolecular Hbond substituents is 1. The highest BCUT2D eigenvalue weighted by atomic mass is 16.7. The maximum absolute atomic E-state index is 9.95. The minimum absolute atomic E-state index is 0.275. The van der Waals surface area contributed by atoms with Crippen LogP contribution >= 0.6 is 0 Å². The van der Waals surface area contributed by atoms with Gasteiger partial charge in [0.2, 0.25) is 6.29 Å². The Morgan fingerprint density at radius 1 is 0.361 bits per heavy atom. The summed E-state index contributed by atoms with van der Waals surface area (Å²) in [6, 6.07) is 7.21. The van der Waals surface area contributed by atoms with Crippen LogP contribution in [0.25, 0.3) is 0 Å². The molecule has 0 spiro atoms. The Hall–Kier alpha value is -1.30. The Labute approximate surface area is 382 Å². The van der Waals surface area contributed by atoms with Crippen LogP contribution in [0.3, 0.4) is 0 Å². The second-order valence-corrected chi connectivity index (χ2v) is 19.1. The molecule has 0 aliphatic carbocycles. The van der Waals surface area contributed by atoms with Crippen molar-refractivity contribution in [1.82, 2.24) is 9.80 Å². The van der Waals surface area contributed by atoms with Gasteiger partial charge in [-0.1, -0.05) is 233 Å². The second-order valence-electron chi connectivity index (χ2n) is 19.1. The molecule has 61 heavy (non-hydrogen) atoms. The van der Waals surface area contributed by atoms with Gasteiger partial charge in [-0.15, -0.1) is 0 Å². The van der Waals surface area contributed by atoms with E-state index in [4.69, 9.17) is 9.47 Å². The first kappa shape index (κ1) is 57.7. The number of benzene rings is 1. The molecule has 1 N–H and O–H groups in total. The Kier molecular flexibility index (Phi) is 44.2. The lowest BCUT2D eigenvalue weighted by Gasteiger charge is -2.27. The van der Waals surface area contributed by atoms with Crippen molar-refractivity contribution in [3.8, 4) is 11.5 Å². The van der Waals surface area contributed by atoms with Gasteiger partial charge in [0.25, 0.3) is 0 Å². The second kappa shape index (κ2) is 46.7. The number of phenols is 1. The molecule has 5 nitrogen and oxygen atoms in total. The number of hydrogen-bond donors (Lipinski definition) is 1. The van der Waals surface area contributed by atoms with E-state index in [1.165, 1.54) is 257 Å². The van der Waals surface area contributed by atoms with Crippen molar-refractivity contribution in [2.75, 3.05) is 45.9 Å². The number of hydrogen-bond acceptors (Lipinski definition) is 5. The molecule has 1 unspecified atom stereocenters. The van der Waals surface area contributed by atoms with Crippen molar-refractivity contribution < 1.29 is 14.6 Å². The van der Waals surface area contributed by atoms with Gasteiger partial charge in [-0.3, -0.25) is 0 Å². The summed E-state index contributed by atoms with van der Waals surface area (Å²) >= 11 is 0. The molecule has 0 aliphatic heterocycles. The zero-order valence-corrected chi connectivity index (χ0v) is 41.9. The van der Waals surface area contributed by atoms with Crippen LogP contribution in [0.1, 0.15) is 272 Å². The van der Waals surface area contributed by atoms with E-state index < -0.39 is 0 Å². The molecule has 0 saturated heterocycles. The molecule has 0 amide bonds. The van der Waals surface area contributed by atoms with Crippen LogP contribution in [0.15, 0.2) is 24.3 Å². The quantitative estimate of drug-likeness (QED) is 0.0522. The van der Waals surface area contributed by atoms with Crippen molar-refractivity contribution in [3.05, 3.63) is 24.3 Å². The van der Waals surface area contributed by atoms with Crippen LogP contribution in [0.5, 0.6) is 11.5 Å². The molecule has 1 atom stereocenters. The molecule has 1 rings (SSSR count). The van der Waals surface area contributed by atoms with Crippen molar-refractivity contribution >= 4 is 0 Å². The van der Waals surface area contributed by atoms with Gasteiger partial charge in [-0.2, -0.15) is 0 Å². The van der Waals surface area contributed by atoms with Gasteiger partial charge >= 0.3 is 0 Å². The minimum Gasteiger partial charge on any atom is -0.508 e. The van der Waals surface area contributed by atoms with Crippen molar-refractivity contribution in [2.24, 2.45) is 0 Å². The van der Waals surface area contributed by atoms with E-state index >= 15 is 0 Å². The molecule has 0 radical (unpaired) electrons. The summed E-state index contributed by atoms with van der Waals surface area (Å²) in [7, 11) is 0. The minimum atomic E-state index is -0.276. The highest BCUT2D eigenvalue weighted by Gasteiger charge is 2.16. The van der Waals surface area contributed by atoms with E-state index in [1.807, 2.05) is 12.1 Å². The standard InChI is InChI=1S/C56H108N2O3/c1-5-9-13-17-21-25-29-33-37-47-57(48-38-34-30-26-22-18-14-10-6-2)51-41-53-60-56(61-55-44-42-54(59)43-45-55)46-52-58(49-39-35-31-27-23-19-15-11-7-3)50-40-36-32-28-24-20-16-12-8-4/h42-45,56,59H,5-41,46-53H2,1-4H3. The first-order valence-electron chi connectivity index (χ1n) is 27.6. The van der Waals surface area contributed by atoms with Crippen molar-refractivity contribution in [1.29, 1.82) is 0 Å². The van der Waals surface area contributed by atoms with Gasteiger partial charge in [-0.05, 0) is 82.5 Å². The van der Waals surface area contributed by atoms with Crippen LogP contribution in [0.4, 0.5) is 0 Å². The summed E-state index contributed by atoms with van der Waals surface area (Å²) in [5.41, 5.74) is 0. The summed E-state index contributed by atoms with van der Waals surface area (Å²) in [6.07, 6.45) is 51.4. The van der Waals surface area contributed by atoms with Gasteiger partial charge in [0.15, 0.2) is 0 Å². The number of unbranched alkanes of at least 4 members (excludes halogenated alkanes) is 32. The molecule has 5 heteroatoms. The lowest BCUT2D eigenvalue weighted by molar-refractivity contribution is -0.0897. The molecule has 0 fully saturated rings. The molecular formula is C56H108N2O3. The fourth-order valence-corrected chi connectivity index (χ4v) is 8.90.